The summed E-state index contributed by atoms with van der Waals surface area (Å²) in [6, 6.07) is 6.35. The monoisotopic (exact) mass is 213 g/mol. The Morgan fingerprint density at radius 3 is 2.45 bits per heavy atom. The molecule has 0 fully saturated rings. The van der Waals surface area contributed by atoms with E-state index in [0.29, 0.717) is 0 Å². The minimum absolute atomic E-state index is 0.117. The van der Waals surface area contributed by atoms with Crippen molar-refractivity contribution >= 4 is 15.9 Å². The summed E-state index contributed by atoms with van der Waals surface area (Å²) in [5.74, 6) is 0. The lowest BCUT2D eigenvalue weighted by atomic mass is 10.1. The highest BCUT2D eigenvalue weighted by atomic mass is 79.9. The molecule has 0 spiro atoms. The van der Waals surface area contributed by atoms with Gasteiger partial charge in [-0.15, -0.1) is 0 Å². The highest BCUT2D eigenvalue weighted by Crippen LogP contribution is 2.18. The van der Waals surface area contributed by atoms with Crippen LogP contribution in [-0.4, -0.2) is 0 Å². The SMILES string of the molecule is Cc1cc(Br)cc([C@H](C)N)c1. The van der Waals surface area contributed by atoms with Gasteiger partial charge in [0.15, 0.2) is 0 Å². The van der Waals surface area contributed by atoms with E-state index in [0.717, 1.165) is 4.47 Å². The Bertz CT molecular complexity index is 235. The topological polar surface area (TPSA) is 26.0 Å². The van der Waals surface area contributed by atoms with Crippen LogP contribution in [0.5, 0.6) is 0 Å². The Kier molecular flexibility index (Phi) is 2.68. The van der Waals surface area contributed by atoms with Gasteiger partial charge in [0.2, 0.25) is 0 Å². The molecular weight excluding hydrogens is 202 g/mol. The molecule has 0 aliphatic carbocycles. The van der Waals surface area contributed by atoms with Gasteiger partial charge < -0.3 is 5.73 Å². The first kappa shape index (κ1) is 8.75. The number of halogens is 1. The third kappa shape index (κ3) is 2.31. The fourth-order valence-electron chi connectivity index (χ4n) is 1.03. The fourth-order valence-corrected chi connectivity index (χ4v) is 1.65. The van der Waals surface area contributed by atoms with Crippen LogP contribution in [0.3, 0.4) is 0 Å². The average Bonchev–Trinajstić information content (AvgIpc) is 1.85. The highest BCUT2D eigenvalue weighted by molar-refractivity contribution is 9.10. The van der Waals surface area contributed by atoms with Crippen molar-refractivity contribution in [1.29, 1.82) is 0 Å². The van der Waals surface area contributed by atoms with Crippen LogP contribution in [0.4, 0.5) is 0 Å². The molecule has 0 saturated heterocycles. The average molecular weight is 214 g/mol. The molecule has 0 heterocycles. The number of hydrogen-bond acceptors (Lipinski definition) is 1. The number of hydrogen-bond donors (Lipinski definition) is 1. The van der Waals surface area contributed by atoms with Gasteiger partial charge in [-0.25, -0.2) is 0 Å². The molecule has 0 radical (unpaired) electrons. The van der Waals surface area contributed by atoms with Crippen LogP contribution in [0.2, 0.25) is 0 Å². The second-order valence-corrected chi connectivity index (χ2v) is 3.77. The van der Waals surface area contributed by atoms with Gasteiger partial charge in [0.25, 0.3) is 0 Å². The fraction of sp³-hybridized carbons (Fsp3) is 0.333. The van der Waals surface area contributed by atoms with E-state index in [-0.39, 0.29) is 6.04 Å². The van der Waals surface area contributed by atoms with Gasteiger partial charge in [-0.05, 0) is 37.1 Å². The first-order valence-corrected chi connectivity index (χ1v) is 4.41. The van der Waals surface area contributed by atoms with Crippen molar-refractivity contribution in [2.45, 2.75) is 19.9 Å². The molecule has 0 aliphatic rings. The molecule has 1 rings (SSSR count). The maximum Gasteiger partial charge on any atom is 0.0266 e. The Morgan fingerprint density at radius 1 is 1.36 bits per heavy atom. The number of aryl methyl sites for hydroxylation is 1. The molecule has 0 unspecified atom stereocenters. The van der Waals surface area contributed by atoms with Crippen molar-refractivity contribution in [2.75, 3.05) is 0 Å². The molecule has 1 nitrogen and oxygen atoms in total. The summed E-state index contributed by atoms with van der Waals surface area (Å²) in [6.45, 7) is 4.05. The Morgan fingerprint density at radius 2 is 2.00 bits per heavy atom. The van der Waals surface area contributed by atoms with Crippen LogP contribution < -0.4 is 5.73 Å². The molecule has 0 aromatic heterocycles. The summed E-state index contributed by atoms with van der Waals surface area (Å²) in [5, 5.41) is 0. The third-order valence-corrected chi connectivity index (χ3v) is 2.05. The first-order chi connectivity index (χ1) is 5.09. The smallest absolute Gasteiger partial charge is 0.0266 e. The second kappa shape index (κ2) is 3.37. The van der Waals surface area contributed by atoms with E-state index in [9.17, 15) is 0 Å². The van der Waals surface area contributed by atoms with Crippen LogP contribution in [0.1, 0.15) is 24.1 Å². The van der Waals surface area contributed by atoms with E-state index in [1.54, 1.807) is 0 Å². The standard InChI is InChI=1S/C9H12BrN/c1-6-3-8(7(2)11)5-9(10)4-6/h3-5,7H,11H2,1-2H3/t7-/m0/s1. The molecule has 0 aliphatic heterocycles. The Hall–Kier alpha value is -0.340. The molecule has 0 saturated carbocycles. The normalized spacial score (nSPS) is 13.1. The summed E-state index contributed by atoms with van der Waals surface area (Å²) >= 11 is 3.43. The first-order valence-electron chi connectivity index (χ1n) is 3.62. The maximum atomic E-state index is 5.73. The highest BCUT2D eigenvalue weighted by Gasteiger charge is 2.00. The lowest BCUT2D eigenvalue weighted by molar-refractivity contribution is 0.816. The summed E-state index contributed by atoms with van der Waals surface area (Å²) in [5.41, 5.74) is 8.15. The van der Waals surface area contributed by atoms with Gasteiger partial charge in [0, 0.05) is 10.5 Å². The minimum atomic E-state index is 0.117. The predicted molar refractivity (Wildman–Crippen MR) is 51.5 cm³/mol. The van der Waals surface area contributed by atoms with Gasteiger partial charge in [-0.3, -0.25) is 0 Å². The summed E-state index contributed by atoms with van der Waals surface area (Å²) < 4.78 is 1.10. The zero-order chi connectivity index (χ0) is 8.43. The van der Waals surface area contributed by atoms with Crippen LogP contribution >= 0.6 is 15.9 Å². The molecule has 0 bridgehead atoms. The molecule has 1 aromatic rings. The van der Waals surface area contributed by atoms with E-state index in [2.05, 4.69) is 41.1 Å². The molecule has 0 amide bonds. The van der Waals surface area contributed by atoms with E-state index in [1.165, 1.54) is 11.1 Å². The quantitative estimate of drug-likeness (QED) is 0.764. The van der Waals surface area contributed by atoms with Gasteiger partial charge >= 0.3 is 0 Å². The van der Waals surface area contributed by atoms with Crippen LogP contribution in [0.15, 0.2) is 22.7 Å². The van der Waals surface area contributed by atoms with E-state index in [4.69, 9.17) is 5.73 Å². The number of benzene rings is 1. The van der Waals surface area contributed by atoms with Crippen molar-refractivity contribution in [2.24, 2.45) is 5.73 Å². The molecule has 60 valence electrons. The molecule has 2 heteroatoms. The number of nitrogens with two attached hydrogens (primary N) is 1. The Balaban J connectivity index is 3.08. The summed E-state index contributed by atoms with van der Waals surface area (Å²) in [6.07, 6.45) is 0. The summed E-state index contributed by atoms with van der Waals surface area (Å²) in [4.78, 5) is 0. The predicted octanol–water partition coefficient (Wildman–Crippen LogP) is 2.78. The van der Waals surface area contributed by atoms with Gasteiger partial charge in [-0.1, -0.05) is 22.0 Å². The van der Waals surface area contributed by atoms with Crippen molar-refractivity contribution in [3.05, 3.63) is 33.8 Å². The van der Waals surface area contributed by atoms with Crippen LogP contribution in [0, 0.1) is 6.92 Å². The minimum Gasteiger partial charge on any atom is -0.324 e. The zero-order valence-corrected chi connectivity index (χ0v) is 8.35. The van der Waals surface area contributed by atoms with Crippen molar-refractivity contribution in [3.8, 4) is 0 Å². The molecular formula is C9H12BrN. The zero-order valence-electron chi connectivity index (χ0n) is 6.76. The molecule has 2 N–H and O–H groups in total. The number of rotatable bonds is 1. The molecule has 1 aromatic carbocycles. The van der Waals surface area contributed by atoms with E-state index in [1.807, 2.05) is 6.92 Å². The largest absolute Gasteiger partial charge is 0.324 e. The van der Waals surface area contributed by atoms with Gasteiger partial charge in [0.1, 0.15) is 0 Å². The van der Waals surface area contributed by atoms with Crippen LogP contribution in [-0.2, 0) is 0 Å². The maximum absolute atomic E-state index is 5.73. The third-order valence-electron chi connectivity index (χ3n) is 1.59. The molecule has 11 heavy (non-hydrogen) atoms. The van der Waals surface area contributed by atoms with Crippen molar-refractivity contribution in [1.82, 2.24) is 0 Å². The second-order valence-electron chi connectivity index (χ2n) is 2.85. The Labute approximate surface area is 75.7 Å². The van der Waals surface area contributed by atoms with Crippen molar-refractivity contribution in [3.63, 3.8) is 0 Å². The van der Waals surface area contributed by atoms with E-state index >= 15 is 0 Å². The lowest BCUT2D eigenvalue weighted by Gasteiger charge is -2.06. The lowest BCUT2D eigenvalue weighted by Crippen LogP contribution is -2.04. The van der Waals surface area contributed by atoms with E-state index < -0.39 is 0 Å². The van der Waals surface area contributed by atoms with Crippen molar-refractivity contribution < 1.29 is 0 Å². The van der Waals surface area contributed by atoms with Crippen LogP contribution in [0.25, 0.3) is 0 Å². The summed E-state index contributed by atoms with van der Waals surface area (Å²) in [7, 11) is 0. The molecule has 1 atom stereocenters. The van der Waals surface area contributed by atoms with Gasteiger partial charge in [0.05, 0.1) is 0 Å². The van der Waals surface area contributed by atoms with Gasteiger partial charge in [-0.2, -0.15) is 0 Å².